The molecule has 0 saturated heterocycles. The summed E-state index contributed by atoms with van der Waals surface area (Å²) in [5, 5.41) is 10.3. The molecule has 0 unspecified atom stereocenters. The SMILES string of the molecule is C[C@@H]1C=C[C@@H](N(O)C(=O)OC(C)(C)C)C1. The minimum absolute atomic E-state index is 0.255. The fourth-order valence-corrected chi connectivity index (χ4v) is 1.48. The van der Waals surface area contributed by atoms with Gasteiger partial charge >= 0.3 is 6.09 Å². The third-order valence-electron chi connectivity index (χ3n) is 2.17. The van der Waals surface area contributed by atoms with Crippen molar-refractivity contribution in [3.63, 3.8) is 0 Å². The molecule has 2 atom stereocenters. The van der Waals surface area contributed by atoms with Crippen molar-refractivity contribution in [2.75, 3.05) is 0 Å². The zero-order valence-corrected chi connectivity index (χ0v) is 9.73. The predicted octanol–water partition coefficient (Wildman–Crippen LogP) is 2.58. The fourth-order valence-electron chi connectivity index (χ4n) is 1.48. The second kappa shape index (κ2) is 4.23. The van der Waals surface area contributed by atoms with E-state index in [0.29, 0.717) is 11.0 Å². The van der Waals surface area contributed by atoms with Gasteiger partial charge in [0.05, 0.1) is 6.04 Å². The number of carbonyl (C=O) groups excluding carboxylic acids is 1. The van der Waals surface area contributed by atoms with Gasteiger partial charge < -0.3 is 4.74 Å². The van der Waals surface area contributed by atoms with Crippen LogP contribution in [-0.4, -0.2) is 28.0 Å². The van der Waals surface area contributed by atoms with E-state index in [1.54, 1.807) is 20.8 Å². The zero-order valence-electron chi connectivity index (χ0n) is 9.73. The van der Waals surface area contributed by atoms with Crippen molar-refractivity contribution in [1.29, 1.82) is 0 Å². The minimum Gasteiger partial charge on any atom is -0.442 e. The van der Waals surface area contributed by atoms with E-state index in [-0.39, 0.29) is 6.04 Å². The first kappa shape index (κ1) is 12.0. The van der Waals surface area contributed by atoms with Crippen LogP contribution in [0.3, 0.4) is 0 Å². The Kier molecular flexibility index (Phi) is 3.39. The van der Waals surface area contributed by atoms with E-state index in [1.807, 2.05) is 19.1 Å². The Labute approximate surface area is 90.5 Å². The summed E-state index contributed by atoms with van der Waals surface area (Å²) in [7, 11) is 0. The molecule has 86 valence electrons. The number of hydroxylamine groups is 2. The van der Waals surface area contributed by atoms with Crippen LogP contribution in [0.1, 0.15) is 34.1 Å². The average Bonchev–Trinajstić information content (AvgIpc) is 2.47. The molecule has 1 aliphatic carbocycles. The Morgan fingerprint density at radius 1 is 1.47 bits per heavy atom. The van der Waals surface area contributed by atoms with Crippen molar-refractivity contribution in [3.8, 4) is 0 Å². The molecule has 0 aliphatic heterocycles. The lowest BCUT2D eigenvalue weighted by molar-refractivity contribution is -0.110. The van der Waals surface area contributed by atoms with Gasteiger partial charge in [-0.3, -0.25) is 5.21 Å². The normalized spacial score (nSPS) is 25.4. The second-order valence-corrected chi connectivity index (χ2v) is 4.99. The lowest BCUT2D eigenvalue weighted by Gasteiger charge is -2.26. The Bertz CT molecular complexity index is 267. The van der Waals surface area contributed by atoms with E-state index >= 15 is 0 Å². The Morgan fingerprint density at radius 2 is 2.07 bits per heavy atom. The van der Waals surface area contributed by atoms with Gasteiger partial charge in [0.1, 0.15) is 5.60 Å². The van der Waals surface area contributed by atoms with Crippen LogP contribution in [0.25, 0.3) is 0 Å². The molecule has 0 aromatic rings. The summed E-state index contributed by atoms with van der Waals surface area (Å²) in [5.74, 6) is 0.395. The van der Waals surface area contributed by atoms with Gasteiger partial charge in [-0.25, -0.2) is 4.79 Å². The maximum absolute atomic E-state index is 11.5. The smallest absolute Gasteiger partial charge is 0.434 e. The monoisotopic (exact) mass is 213 g/mol. The maximum atomic E-state index is 11.5. The first-order valence-electron chi connectivity index (χ1n) is 5.19. The number of ether oxygens (including phenoxy) is 1. The quantitative estimate of drug-likeness (QED) is 0.414. The molecule has 0 radical (unpaired) electrons. The number of allylic oxidation sites excluding steroid dienone is 1. The molecular weight excluding hydrogens is 194 g/mol. The number of nitrogens with zero attached hydrogens (tertiary/aromatic N) is 1. The van der Waals surface area contributed by atoms with Crippen LogP contribution in [0, 0.1) is 5.92 Å². The van der Waals surface area contributed by atoms with Crippen LogP contribution in [0.15, 0.2) is 12.2 Å². The average molecular weight is 213 g/mol. The molecule has 0 spiro atoms. The molecule has 0 fully saturated rings. The van der Waals surface area contributed by atoms with Gasteiger partial charge in [-0.15, -0.1) is 0 Å². The van der Waals surface area contributed by atoms with Gasteiger partial charge in [-0.05, 0) is 33.1 Å². The van der Waals surface area contributed by atoms with E-state index in [2.05, 4.69) is 0 Å². The van der Waals surface area contributed by atoms with Crippen molar-refractivity contribution in [1.82, 2.24) is 5.06 Å². The molecule has 1 rings (SSSR count). The van der Waals surface area contributed by atoms with Gasteiger partial charge in [0.2, 0.25) is 0 Å². The molecule has 1 aliphatic rings. The molecule has 15 heavy (non-hydrogen) atoms. The summed E-state index contributed by atoms with van der Waals surface area (Å²) in [4.78, 5) is 11.5. The van der Waals surface area contributed by atoms with Crippen molar-refractivity contribution in [2.24, 2.45) is 5.92 Å². The van der Waals surface area contributed by atoms with Crippen molar-refractivity contribution >= 4 is 6.09 Å². The topological polar surface area (TPSA) is 49.8 Å². The lowest BCUT2D eigenvalue weighted by Crippen LogP contribution is -2.39. The molecule has 1 N–H and O–H groups in total. The second-order valence-electron chi connectivity index (χ2n) is 4.99. The third-order valence-corrected chi connectivity index (χ3v) is 2.17. The van der Waals surface area contributed by atoms with E-state index in [1.165, 1.54) is 0 Å². The molecule has 1 amide bonds. The summed E-state index contributed by atoms with van der Waals surface area (Å²) in [6.07, 6.45) is 3.87. The van der Waals surface area contributed by atoms with Gasteiger partial charge in [-0.2, -0.15) is 5.06 Å². The number of rotatable bonds is 1. The number of hydrogen-bond acceptors (Lipinski definition) is 3. The summed E-state index contributed by atoms with van der Waals surface area (Å²) >= 11 is 0. The van der Waals surface area contributed by atoms with Crippen LogP contribution in [0.4, 0.5) is 4.79 Å². The van der Waals surface area contributed by atoms with E-state index < -0.39 is 11.7 Å². The molecule has 0 saturated carbocycles. The van der Waals surface area contributed by atoms with Crippen molar-refractivity contribution in [2.45, 2.75) is 45.8 Å². The van der Waals surface area contributed by atoms with Crippen LogP contribution >= 0.6 is 0 Å². The van der Waals surface area contributed by atoms with E-state index in [4.69, 9.17) is 4.74 Å². The largest absolute Gasteiger partial charge is 0.442 e. The number of carbonyl (C=O) groups is 1. The molecule has 4 nitrogen and oxygen atoms in total. The van der Waals surface area contributed by atoms with E-state index in [9.17, 15) is 10.0 Å². The molecule has 4 heteroatoms. The summed E-state index contributed by atoms with van der Waals surface area (Å²) < 4.78 is 5.05. The molecule has 0 aromatic heterocycles. The molecule has 0 aromatic carbocycles. The van der Waals surface area contributed by atoms with Gasteiger partial charge in [0.25, 0.3) is 0 Å². The summed E-state index contributed by atoms with van der Waals surface area (Å²) in [5.41, 5.74) is -0.577. The highest BCUT2D eigenvalue weighted by atomic mass is 16.6. The number of hydrogen-bond donors (Lipinski definition) is 1. The van der Waals surface area contributed by atoms with Gasteiger partial charge in [0, 0.05) is 0 Å². The van der Waals surface area contributed by atoms with Crippen molar-refractivity contribution < 1.29 is 14.7 Å². The van der Waals surface area contributed by atoms with E-state index in [0.717, 1.165) is 6.42 Å². The third kappa shape index (κ3) is 3.55. The predicted molar refractivity (Wildman–Crippen MR) is 56.6 cm³/mol. The van der Waals surface area contributed by atoms with Crippen LogP contribution in [0.2, 0.25) is 0 Å². The molecule has 0 heterocycles. The highest BCUT2D eigenvalue weighted by Gasteiger charge is 2.28. The fraction of sp³-hybridized carbons (Fsp3) is 0.727. The molecule has 0 bridgehead atoms. The Balaban J connectivity index is 2.50. The lowest BCUT2D eigenvalue weighted by atomic mass is 10.1. The maximum Gasteiger partial charge on any atom is 0.434 e. The van der Waals surface area contributed by atoms with Crippen LogP contribution < -0.4 is 0 Å². The standard InChI is InChI=1S/C11H19NO3/c1-8-5-6-9(7-8)12(14)10(13)15-11(2,3)4/h5-6,8-9,14H,7H2,1-4H3/t8-,9-/m1/s1. The summed E-state index contributed by atoms with van der Waals surface area (Å²) in [6.45, 7) is 7.35. The number of amides is 1. The zero-order chi connectivity index (χ0) is 11.6. The van der Waals surface area contributed by atoms with Crippen LogP contribution in [-0.2, 0) is 4.74 Å². The highest BCUT2D eigenvalue weighted by Crippen LogP contribution is 2.22. The van der Waals surface area contributed by atoms with Crippen molar-refractivity contribution in [3.05, 3.63) is 12.2 Å². The summed E-state index contributed by atoms with van der Waals surface area (Å²) in [6, 6.07) is -0.255. The van der Waals surface area contributed by atoms with Gasteiger partial charge in [0.15, 0.2) is 0 Å². The minimum atomic E-state index is -0.689. The van der Waals surface area contributed by atoms with Crippen LogP contribution in [0.5, 0.6) is 0 Å². The Hall–Kier alpha value is -1.03. The first-order chi connectivity index (χ1) is 6.79. The Morgan fingerprint density at radius 3 is 2.47 bits per heavy atom. The highest BCUT2D eigenvalue weighted by molar-refractivity contribution is 5.67. The molecular formula is C11H19NO3. The first-order valence-corrected chi connectivity index (χ1v) is 5.19. The van der Waals surface area contributed by atoms with Gasteiger partial charge in [-0.1, -0.05) is 19.1 Å².